The van der Waals surface area contributed by atoms with Crippen LogP contribution < -0.4 is 5.73 Å². The van der Waals surface area contributed by atoms with Crippen molar-refractivity contribution in [2.45, 2.75) is 0 Å². The molecule has 14 heavy (non-hydrogen) atoms. The number of benzene rings is 1. The van der Waals surface area contributed by atoms with Crippen molar-refractivity contribution in [1.29, 1.82) is 0 Å². The second-order valence-corrected chi connectivity index (χ2v) is 5.41. The molecule has 1 heterocycles. The number of halogens is 2. The molecule has 1 nitrogen and oxygen atoms in total. The van der Waals surface area contributed by atoms with E-state index >= 15 is 0 Å². The number of anilines is 1. The highest BCUT2D eigenvalue weighted by atomic mass is 79.9. The van der Waals surface area contributed by atoms with Crippen molar-refractivity contribution in [2.24, 2.45) is 0 Å². The van der Waals surface area contributed by atoms with E-state index in [0.717, 1.165) is 24.9 Å². The van der Waals surface area contributed by atoms with Gasteiger partial charge in [-0.1, -0.05) is 33.6 Å². The summed E-state index contributed by atoms with van der Waals surface area (Å²) in [6.07, 6.45) is 0. The van der Waals surface area contributed by atoms with E-state index in [0.29, 0.717) is 0 Å². The lowest BCUT2D eigenvalue weighted by molar-refractivity contribution is 1.63. The van der Waals surface area contributed by atoms with Gasteiger partial charge in [-0.25, -0.2) is 0 Å². The van der Waals surface area contributed by atoms with Crippen molar-refractivity contribution in [3.8, 4) is 10.4 Å². The van der Waals surface area contributed by atoms with E-state index in [-0.39, 0.29) is 0 Å². The molecule has 1 aromatic carbocycles. The third-order valence-electron chi connectivity index (χ3n) is 1.83. The summed E-state index contributed by atoms with van der Waals surface area (Å²) in [5.41, 5.74) is 7.53. The van der Waals surface area contributed by atoms with Crippen LogP contribution >= 0.6 is 38.9 Å². The summed E-state index contributed by atoms with van der Waals surface area (Å²) in [4.78, 5) is 1.14. The Hall–Kier alpha value is -0.510. The van der Waals surface area contributed by atoms with Crippen LogP contribution in [0.5, 0.6) is 0 Å². The van der Waals surface area contributed by atoms with Gasteiger partial charge in [-0.2, -0.15) is 0 Å². The largest absolute Gasteiger partial charge is 0.399 e. The minimum absolute atomic E-state index is 0.753. The zero-order valence-electron chi connectivity index (χ0n) is 7.13. The molecule has 0 spiro atoms. The highest BCUT2D eigenvalue weighted by Crippen LogP contribution is 2.36. The fraction of sp³-hybridized carbons (Fsp3) is 0. The summed E-state index contributed by atoms with van der Waals surface area (Å²) in [5.74, 6) is 0. The Morgan fingerprint density at radius 3 is 2.57 bits per heavy atom. The molecule has 0 radical (unpaired) electrons. The van der Waals surface area contributed by atoms with Crippen molar-refractivity contribution in [1.82, 2.24) is 0 Å². The van der Waals surface area contributed by atoms with E-state index < -0.39 is 0 Å². The summed E-state index contributed by atoms with van der Waals surface area (Å²) in [6, 6.07) is 9.66. The molecule has 2 N–H and O–H groups in total. The van der Waals surface area contributed by atoms with Crippen LogP contribution in [0.15, 0.2) is 34.8 Å². The smallest absolute Gasteiger partial charge is 0.0934 e. The lowest BCUT2D eigenvalue weighted by Gasteiger charge is -2.02. The molecule has 0 fully saturated rings. The number of hydrogen-bond donors (Lipinski definition) is 1. The van der Waals surface area contributed by atoms with Gasteiger partial charge in [-0.05, 0) is 24.3 Å². The summed E-state index contributed by atoms with van der Waals surface area (Å²) in [5, 5.41) is 0. The highest BCUT2D eigenvalue weighted by Gasteiger charge is 2.05. The molecular formula is C10H7BrClNS. The van der Waals surface area contributed by atoms with Crippen LogP contribution in [-0.2, 0) is 0 Å². The standard InChI is InChI=1S/C10H7BrClNS/c11-8-5-6(13)1-2-7(8)9-3-4-10(12)14-9/h1-5H,13H2. The van der Waals surface area contributed by atoms with Crippen molar-refractivity contribution < 1.29 is 0 Å². The molecule has 0 aliphatic carbocycles. The van der Waals surface area contributed by atoms with E-state index in [1.54, 1.807) is 11.3 Å². The van der Waals surface area contributed by atoms with E-state index in [2.05, 4.69) is 15.9 Å². The molecule has 2 rings (SSSR count). The van der Waals surface area contributed by atoms with Crippen LogP contribution in [0.1, 0.15) is 0 Å². The predicted octanol–water partition coefficient (Wildman–Crippen LogP) is 4.41. The zero-order chi connectivity index (χ0) is 10.1. The van der Waals surface area contributed by atoms with Gasteiger partial charge in [-0.3, -0.25) is 0 Å². The number of hydrogen-bond acceptors (Lipinski definition) is 2. The van der Waals surface area contributed by atoms with Crippen LogP contribution in [0.25, 0.3) is 10.4 Å². The predicted molar refractivity (Wildman–Crippen MR) is 66.9 cm³/mol. The molecule has 0 atom stereocenters. The minimum atomic E-state index is 0.753. The molecule has 0 aliphatic heterocycles. The second-order valence-electron chi connectivity index (χ2n) is 2.84. The van der Waals surface area contributed by atoms with Gasteiger partial charge in [0.05, 0.1) is 4.34 Å². The first-order valence-corrected chi connectivity index (χ1v) is 5.96. The Bertz CT molecular complexity index is 467. The van der Waals surface area contributed by atoms with Crippen LogP contribution in [0.2, 0.25) is 4.34 Å². The van der Waals surface area contributed by atoms with Crippen LogP contribution in [-0.4, -0.2) is 0 Å². The average Bonchev–Trinajstić information content (AvgIpc) is 2.51. The van der Waals surface area contributed by atoms with Crippen LogP contribution in [0, 0.1) is 0 Å². The van der Waals surface area contributed by atoms with Crippen LogP contribution in [0.4, 0.5) is 5.69 Å². The van der Waals surface area contributed by atoms with E-state index in [4.69, 9.17) is 17.3 Å². The summed E-state index contributed by atoms with van der Waals surface area (Å²) < 4.78 is 1.79. The van der Waals surface area contributed by atoms with Crippen LogP contribution in [0.3, 0.4) is 0 Å². The lowest BCUT2D eigenvalue weighted by Crippen LogP contribution is -1.84. The maximum atomic E-state index is 5.87. The molecule has 0 bridgehead atoms. The maximum Gasteiger partial charge on any atom is 0.0934 e. The molecule has 2 aromatic rings. The van der Waals surface area contributed by atoms with E-state index in [9.17, 15) is 0 Å². The van der Waals surface area contributed by atoms with E-state index in [1.807, 2.05) is 30.3 Å². The second kappa shape index (κ2) is 3.93. The van der Waals surface area contributed by atoms with Crippen molar-refractivity contribution >= 4 is 44.6 Å². The third-order valence-corrected chi connectivity index (χ3v) is 3.75. The Morgan fingerprint density at radius 2 is 2.00 bits per heavy atom. The Morgan fingerprint density at radius 1 is 1.21 bits per heavy atom. The van der Waals surface area contributed by atoms with Crippen molar-refractivity contribution in [3.63, 3.8) is 0 Å². The monoisotopic (exact) mass is 287 g/mol. The Kier molecular flexibility index (Phi) is 2.81. The summed E-state index contributed by atoms with van der Waals surface area (Å²) in [6.45, 7) is 0. The first-order chi connectivity index (χ1) is 6.66. The fourth-order valence-electron chi connectivity index (χ4n) is 1.19. The first-order valence-electron chi connectivity index (χ1n) is 3.97. The highest BCUT2D eigenvalue weighted by molar-refractivity contribution is 9.10. The number of nitrogen functional groups attached to an aromatic ring is 1. The van der Waals surface area contributed by atoms with Crippen molar-refractivity contribution in [2.75, 3.05) is 5.73 Å². The molecule has 4 heteroatoms. The average molecular weight is 289 g/mol. The normalized spacial score (nSPS) is 10.4. The zero-order valence-corrected chi connectivity index (χ0v) is 10.3. The van der Waals surface area contributed by atoms with Gasteiger partial charge in [0.1, 0.15) is 0 Å². The topological polar surface area (TPSA) is 26.0 Å². The fourth-order valence-corrected chi connectivity index (χ4v) is 3.01. The Balaban J connectivity index is 2.52. The molecule has 0 amide bonds. The lowest BCUT2D eigenvalue weighted by atomic mass is 10.2. The van der Waals surface area contributed by atoms with Gasteiger partial charge < -0.3 is 5.73 Å². The van der Waals surface area contributed by atoms with Gasteiger partial charge in [-0.15, -0.1) is 11.3 Å². The minimum Gasteiger partial charge on any atom is -0.399 e. The molecule has 0 saturated heterocycles. The Labute approximate surface area is 99.6 Å². The number of rotatable bonds is 1. The third kappa shape index (κ3) is 1.95. The van der Waals surface area contributed by atoms with Gasteiger partial charge in [0.2, 0.25) is 0 Å². The maximum absolute atomic E-state index is 5.87. The first kappa shape index (κ1) is 10.0. The van der Waals surface area contributed by atoms with Crippen molar-refractivity contribution in [3.05, 3.63) is 39.1 Å². The molecule has 72 valence electrons. The molecule has 0 unspecified atom stereocenters. The van der Waals surface area contributed by atoms with E-state index in [1.165, 1.54) is 0 Å². The molecular weight excluding hydrogens is 282 g/mol. The number of nitrogens with two attached hydrogens (primary N) is 1. The summed E-state index contributed by atoms with van der Waals surface area (Å²) in [7, 11) is 0. The van der Waals surface area contributed by atoms with Gasteiger partial charge in [0.25, 0.3) is 0 Å². The molecule has 0 saturated carbocycles. The summed E-state index contributed by atoms with van der Waals surface area (Å²) >= 11 is 10.9. The van der Waals surface area contributed by atoms with Gasteiger partial charge >= 0.3 is 0 Å². The van der Waals surface area contributed by atoms with Gasteiger partial charge in [0.15, 0.2) is 0 Å². The number of thiophene rings is 1. The quantitative estimate of drug-likeness (QED) is 0.773. The molecule has 0 aliphatic rings. The van der Waals surface area contributed by atoms with Gasteiger partial charge in [0, 0.05) is 20.6 Å². The molecule has 1 aromatic heterocycles. The SMILES string of the molecule is Nc1ccc(-c2ccc(Cl)s2)c(Br)c1.